The molecule has 0 atom stereocenters. The lowest BCUT2D eigenvalue weighted by atomic mass is 10.1. The topological polar surface area (TPSA) is 77.8 Å². The molecule has 7 aromatic heterocycles. The van der Waals surface area contributed by atoms with E-state index in [-0.39, 0.29) is 0 Å². The Bertz CT molecular complexity index is 5590. The van der Waals surface area contributed by atoms with Crippen LogP contribution in [0.15, 0.2) is 328 Å². The van der Waals surface area contributed by atoms with Crippen molar-refractivity contribution in [3.05, 3.63) is 328 Å². The van der Waals surface area contributed by atoms with Crippen LogP contribution in [-0.2, 0) is 0 Å². The second-order valence-corrected chi connectivity index (χ2v) is 24.6. The van der Waals surface area contributed by atoms with Crippen LogP contribution in [0.2, 0.25) is 0 Å². The molecule has 0 N–H and O–H groups in total. The van der Waals surface area contributed by atoms with E-state index in [0.717, 1.165) is 111 Å². The summed E-state index contributed by atoms with van der Waals surface area (Å²) in [5, 5.41) is 11.4. The first kappa shape index (κ1) is 53.5. The minimum Gasteiger partial charge on any atom is -0.309 e. The van der Waals surface area contributed by atoms with Gasteiger partial charge in [0, 0.05) is 112 Å². The Morgan fingerprint density at radius 2 is 0.396 bits per heavy atom. The molecule has 0 saturated heterocycles. The number of hydrogen-bond donors (Lipinski definition) is 0. The quantitative estimate of drug-likeness (QED) is 0.127. The van der Waals surface area contributed by atoms with Crippen molar-refractivity contribution >= 4 is 154 Å². The zero-order valence-electron chi connectivity index (χ0n) is 51.6. The molecule has 20 aromatic rings. The summed E-state index contributed by atoms with van der Waals surface area (Å²) in [6.07, 6.45) is 3.53. The lowest BCUT2D eigenvalue weighted by Gasteiger charge is -2.26. The fourth-order valence-electron chi connectivity index (χ4n) is 15.3. The minimum atomic E-state index is 0.703. The molecular weight excluding hydrogens is 1170 g/mol. The molecule has 0 aliphatic rings. The van der Waals surface area contributed by atoms with Crippen molar-refractivity contribution in [2.24, 2.45) is 0 Å². The summed E-state index contributed by atoms with van der Waals surface area (Å²) in [7, 11) is 0. The van der Waals surface area contributed by atoms with E-state index in [9.17, 15) is 0 Å². The van der Waals surface area contributed by atoms with E-state index in [1.54, 1.807) is 12.4 Å². The number of para-hydroxylation sites is 8. The lowest BCUT2D eigenvalue weighted by Crippen LogP contribution is -2.13. The molecule has 0 aliphatic carbocycles. The Morgan fingerprint density at radius 3 is 0.615 bits per heavy atom. The van der Waals surface area contributed by atoms with E-state index in [0.29, 0.717) is 22.7 Å². The van der Waals surface area contributed by atoms with E-state index in [4.69, 9.17) is 19.9 Å². The highest BCUT2D eigenvalue weighted by Gasteiger charge is 2.24. The third-order valence-electron chi connectivity index (χ3n) is 19.4. The van der Waals surface area contributed by atoms with Gasteiger partial charge in [-0.1, -0.05) is 146 Å². The molecule has 448 valence electrons. The normalized spacial score (nSPS) is 12.0. The van der Waals surface area contributed by atoms with Crippen molar-refractivity contribution in [1.82, 2.24) is 38.2 Å². The molecule has 13 aromatic carbocycles. The molecule has 0 aliphatic heterocycles. The predicted octanol–water partition coefficient (Wildman–Crippen LogP) is 22.1. The van der Waals surface area contributed by atoms with Gasteiger partial charge in [-0.2, -0.15) is 0 Å². The number of anilines is 6. The van der Waals surface area contributed by atoms with Crippen LogP contribution < -0.4 is 9.80 Å². The average Bonchev–Trinajstić information content (AvgIpc) is 1.22. The molecular formula is C86H54N10. The molecule has 0 saturated carbocycles. The van der Waals surface area contributed by atoms with Crippen molar-refractivity contribution in [2.45, 2.75) is 0 Å². The molecule has 0 fully saturated rings. The molecule has 0 unspecified atom stereocenters. The Kier molecular flexibility index (Phi) is 11.8. The Hall–Kier alpha value is -13.2. The van der Waals surface area contributed by atoms with Crippen molar-refractivity contribution in [2.75, 3.05) is 9.80 Å². The van der Waals surface area contributed by atoms with Crippen molar-refractivity contribution < 1.29 is 0 Å². The number of rotatable bonds is 10. The third kappa shape index (κ3) is 8.12. The molecule has 0 bridgehead atoms. The molecule has 0 amide bonds. The first-order chi connectivity index (χ1) is 47.6. The highest BCUT2D eigenvalue weighted by atomic mass is 15.2. The SMILES string of the molecule is c1ccc2c(c1)c1ccccc1n2-c1ccc(N(c2ccc(-n3c4ccccc4c4ccccc43)cc2)c2ccc3c4nccnc4c4ccc(N(c5ccc(-n6c7ccccc7c7ccccc76)cc5)c5ccc(-n6c7ccccc7c7ccccc76)cc5)nc4c3n2)cc1. The molecule has 0 radical (unpaired) electrons. The standard InChI is InChI=1S/C86H54N10/c1-9-25-73-63(17-1)64-18-2-10-26-74(64)93(73)59-41-33-55(34-42-59)91(56-35-43-60(44-36-56)94-75-27-11-3-19-65(75)66-20-4-12-28-76(66)94)81-51-49-71-83-84(88-54-53-87-83)72-50-52-82(90-86(72)85(71)89-81)92(57-37-45-61(46-38-57)95-77-29-13-5-21-67(77)68-22-6-14-30-78(68)95)58-39-47-62(48-40-58)96-79-31-15-7-23-69(79)70-24-8-16-32-80(70)96/h1-54H. The van der Waals surface area contributed by atoms with Crippen LogP contribution in [0.25, 0.3) is 143 Å². The largest absolute Gasteiger partial charge is 0.309 e. The van der Waals surface area contributed by atoms with Crippen LogP contribution in [0.5, 0.6) is 0 Å². The third-order valence-corrected chi connectivity index (χ3v) is 19.4. The number of nitrogens with zero attached hydrogens (tertiary/aromatic N) is 10. The van der Waals surface area contributed by atoms with Crippen LogP contribution in [0.4, 0.5) is 34.4 Å². The summed E-state index contributed by atoms with van der Waals surface area (Å²) in [5.41, 5.74) is 20.1. The van der Waals surface area contributed by atoms with Gasteiger partial charge >= 0.3 is 0 Å². The summed E-state index contributed by atoms with van der Waals surface area (Å²) in [5.74, 6) is 1.43. The zero-order valence-corrected chi connectivity index (χ0v) is 51.6. The first-order valence-corrected chi connectivity index (χ1v) is 32.4. The molecule has 0 spiro atoms. The van der Waals surface area contributed by atoms with E-state index >= 15 is 0 Å². The van der Waals surface area contributed by atoms with Gasteiger partial charge in [-0.3, -0.25) is 19.8 Å². The van der Waals surface area contributed by atoms with Crippen LogP contribution in [-0.4, -0.2) is 38.2 Å². The maximum atomic E-state index is 5.80. The average molecular weight is 1230 g/mol. The predicted molar refractivity (Wildman–Crippen MR) is 397 cm³/mol. The molecule has 7 heterocycles. The van der Waals surface area contributed by atoms with E-state index in [1.165, 1.54) is 43.1 Å². The Morgan fingerprint density at radius 1 is 0.188 bits per heavy atom. The Balaban J connectivity index is 0.773. The van der Waals surface area contributed by atoms with Gasteiger partial charge in [0.2, 0.25) is 0 Å². The summed E-state index contributed by atoms with van der Waals surface area (Å²) in [6.45, 7) is 0. The first-order valence-electron chi connectivity index (χ1n) is 32.4. The zero-order chi connectivity index (χ0) is 63.0. The number of aromatic nitrogens is 8. The lowest BCUT2D eigenvalue weighted by molar-refractivity contribution is 1.15. The number of fused-ring (bicyclic) bond motifs is 18. The van der Waals surface area contributed by atoms with Crippen LogP contribution in [0.3, 0.4) is 0 Å². The maximum absolute atomic E-state index is 5.80. The summed E-state index contributed by atoms with van der Waals surface area (Å²) < 4.78 is 9.44. The monoisotopic (exact) mass is 1230 g/mol. The van der Waals surface area contributed by atoms with Gasteiger partial charge in [-0.05, 0) is 170 Å². The number of hydrogen-bond acceptors (Lipinski definition) is 6. The van der Waals surface area contributed by atoms with Gasteiger partial charge in [0.15, 0.2) is 0 Å². The van der Waals surface area contributed by atoms with Crippen LogP contribution in [0.1, 0.15) is 0 Å². The maximum Gasteiger partial charge on any atom is 0.138 e. The highest BCUT2D eigenvalue weighted by Crippen LogP contribution is 2.44. The van der Waals surface area contributed by atoms with E-state index in [2.05, 4.69) is 344 Å². The van der Waals surface area contributed by atoms with Crippen molar-refractivity contribution in [3.63, 3.8) is 0 Å². The van der Waals surface area contributed by atoms with Gasteiger partial charge < -0.3 is 18.3 Å². The molecule has 20 rings (SSSR count). The molecule has 96 heavy (non-hydrogen) atoms. The summed E-state index contributed by atoms with van der Waals surface area (Å²) in [6, 6.07) is 113. The van der Waals surface area contributed by atoms with Gasteiger partial charge in [0.05, 0.1) is 55.2 Å². The van der Waals surface area contributed by atoms with Gasteiger partial charge in [-0.15, -0.1) is 0 Å². The summed E-state index contributed by atoms with van der Waals surface area (Å²) in [4.78, 5) is 26.2. The molecule has 10 heteroatoms. The second-order valence-electron chi connectivity index (χ2n) is 24.6. The van der Waals surface area contributed by atoms with Gasteiger partial charge in [0.25, 0.3) is 0 Å². The van der Waals surface area contributed by atoms with Gasteiger partial charge in [-0.25, -0.2) is 9.97 Å². The van der Waals surface area contributed by atoms with Gasteiger partial charge in [0.1, 0.15) is 22.7 Å². The van der Waals surface area contributed by atoms with Crippen molar-refractivity contribution in [3.8, 4) is 22.7 Å². The number of pyridine rings is 2. The van der Waals surface area contributed by atoms with Crippen molar-refractivity contribution in [1.29, 1.82) is 0 Å². The van der Waals surface area contributed by atoms with E-state index < -0.39 is 0 Å². The minimum absolute atomic E-state index is 0.703. The van der Waals surface area contributed by atoms with Crippen LogP contribution in [0, 0.1) is 0 Å². The second kappa shape index (κ2) is 21.2. The van der Waals surface area contributed by atoms with E-state index in [1.807, 2.05) is 0 Å². The molecule has 10 nitrogen and oxygen atoms in total. The highest BCUT2D eigenvalue weighted by molar-refractivity contribution is 6.21. The summed E-state index contributed by atoms with van der Waals surface area (Å²) >= 11 is 0. The number of benzene rings is 13. The van der Waals surface area contributed by atoms with Crippen LogP contribution >= 0.6 is 0 Å². The fraction of sp³-hybridized carbons (Fsp3) is 0. The Labute approximate surface area is 549 Å². The smallest absolute Gasteiger partial charge is 0.138 e. The fourth-order valence-corrected chi connectivity index (χ4v) is 15.3.